The minimum absolute atomic E-state index is 0. The minimum atomic E-state index is -1.03. The van der Waals surface area contributed by atoms with Crippen LogP contribution in [0.2, 0.25) is 10.0 Å². The van der Waals surface area contributed by atoms with E-state index in [0.29, 0.717) is 10.0 Å². The molecule has 1 aliphatic rings. The van der Waals surface area contributed by atoms with Crippen molar-refractivity contribution in [1.29, 1.82) is 0 Å². The third-order valence-corrected chi connectivity index (χ3v) is 6.04. The number of rotatable bonds is 6. The van der Waals surface area contributed by atoms with Crippen LogP contribution in [0.25, 0.3) is 0 Å². The number of ether oxygens (including phenoxy) is 1. The lowest BCUT2D eigenvalue weighted by Gasteiger charge is -2.43. The van der Waals surface area contributed by atoms with Crippen LogP contribution < -0.4 is 0 Å². The summed E-state index contributed by atoms with van der Waals surface area (Å²) in [5.41, 5.74) is 0.934. The Morgan fingerprint density at radius 2 is 1.46 bits per heavy atom. The van der Waals surface area contributed by atoms with E-state index in [1.54, 1.807) is 0 Å². The quantitative estimate of drug-likeness (QED) is 0.649. The molecule has 28 heavy (non-hydrogen) atoms. The predicted molar refractivity (Wildman–Crippen MR) is 119 cm³/mol. The lowest BCUT2D eigenvalue weighted by molar-refractivity contribution is -0.0547. The first-order valence-electron chi connectivity index (χ1n) is 9.45. The molecule has 0 saturated carbocycles. The van der Waals surface area contributed by atoms with Gasteiger partial charge in [0.2, 0.25) is 0 Å². The number of benzene rings is 2. The van der Waals surface area contributed by atoms with Gasteiger partial charge in [-0.1, -0.05) is 61.3 Å². The number of hydrogen-bond acceptors (Lipinski definition) is 3. The summed E-state index contributed by atoms with van der Waals surface area (Å²) in [5, 5.41) is 13.4. The van der Waals surface area contributed by atoms with E-state index in [2.05, 4.69) is 18.7 Å². The lowest BCUT2D eigenvalue weighted by Crippen LogP contribution is -2.47. The fraction of sp³-hybridized carbons (Fsp3) is 0.455. The van der Waals surface area contributed by atoms with Crippen LogP contribution in [0, 0.1) is 5.92 Å². The largest absolute Gasteiger partial charge is 0.384 e. The molecule has 1 saturated heterocycles. The Morgan fingerprint density at radius 1 is 0.964 bits per heavy atom. The molecule has 0 aliphatic carbocycles. The van der Waals surface area contributed by atoms with Gasteiger partial charge in [-0.25, -0.2) is 0 Å². The number of hydrogen-bond donors (Lipinski definition) is 1. The van der Waals surface area contributed by atoms with Gasteiger partial charge in [-0.05, 0) is 41.3 Å². The summed E-state index contributed by atoms with van der Waals surface area (Å²) in [7, 11) is 0. The van der Waals surface area contributed by atoms with Gasteiger partial charge in [-0.15, -0.1) is 12.4 Å². The first kappa shape index (κ1) is 23.5. The molecule has 1 aliphatic heterocycles. The van der Waals surface area contributed by atoms with E-state index < -0.39 is 5.60 Å². The molecule has 2 unspecified atom stereocenters. The van der Waals surface area contributed by atoms with Crippen LogP contribution in [0.5, 0.6) is 0 Å². The fourth-order valence-corrected chi connectivity index (χ4v) is 4.14. The van der Waals surface area contributed by atoms with Gasteiger partial charge in [0.15, 0.2) is 0 Å². The van der Waals surface area contributed by atoms with Crippen molar-refractivity contribution in [1.82, 2.24) is 4.90 Å². The third kappa shape index (κ3) is 5.21. The molecule has 2 atom stereocenters. The van der Waals surface area contributed by atoms with Crippen LogP contribution >= 0.6 is 35.6 Å². The van der Waals surface area contributed by atoms with Crippen molar-refractivity contribution in [3.63, 3.8) is 0 Å². The molecule has 0 spiro atoms. The van der Waals surface area contributed by atoms with Crippen LogP contribution in [0.1, 0.15) is 30.9 Å². The van der Waals surface area contributed by atoms with Crippen molar-refractivity contribution in [2.75, 3.05) is 32.8 Å². The van der Waals surface area contributed by atoms with Gasteiger partial charge in [0.25, 0.3) is 0 Å². The molecule has 0 amide bonds. The minimum Gasteiger partial charge on any atom is -0.384 e. The molecule has 0 aromatic heterocycles. The highest BCUT2D eigenvalue weighted by Gasteiger charge is 2.43. The first-order chi connectivity index (χ1) is 12.9. The second-order valence-electron chi connectivity index (χ2n) is 7.50. The van der Waals surface area contributed by atoms with E-state index in [-0.39, 0.29) is 24.2 Å². The van der Waals surface area contributed by atoms with Crippen molar-refractivity contribution < 1.29 is 9.84 Å². The summed E-state index contributed by atoms with van der Waals surface area (Å²) in [4.78, 5) is 2.37. The topological polar surface area (TPSA) is 32.7 Å². The second-order valence-corrected chi connectivity index (χ2v) is 8.38. The van der Waals surface area contributed by atoms with Crippen molar-refractivity contribution in [3.8, 4) is 0 Å². The van der Waals surface area contributed by atoms with Crippen molar-refractivity contribution in [2.45, 2.75) is 25.4 Å². The van der Waals surface area contributed by atoms with Crippen molar-refractivity contribution in [3.05, 3.63) is 69.7 Å². The molecule has 6 heteroatoms. The maximum atomic E-state index is 12.0. The first-order valence-corrected chi connectivity index (χ1v) is 10.2. The maximum absolute atomic E-state index is 12.0. The Labute approximate surface area is 184 Å². The predicted octanol–water partition coefficient (Wildman–Crippen LogP) is 5.37. The van der Waals surface area contributed by atoms with E-state index in [1.165, 1.54) is 0 Å². The molecular weight excluding hydrogens is 417 g/mol. The highest BCUT2D eigenvalue weighted by Crippen LogP contribution is 2.43. The molecule has 0 bridgehead atoms. The van der Waals surface area contributed by atoms with E-state index >= 15 is 0 Å². The molecule has 2 aromatic carbocycles. The summed E-state index contributed by atoms with van der Waals surface area (Å²) in [6.45, 7) is 8.09. The van der Waals surface area contributed by atoms with E-state index in [0.717, 1.165) is 44.0 Å². The summed E-state index contributed by atoms with van der Waals surface area (Å²) in [6, 6.07) is 15.4. The van der Waals surface area contributed by atoms with Crippen LogP contribution in [0.15, 0.2) is 48.5 Å². The zero-order valence-corrected chi connectivity index (χ0v) is 18.6. The van der Waals surface area contributed by atoms with Crippen LogP contribution in [0.4, 0.5) is 0 Å². The molecule has 0 radical (unpaired) electrons. The number of aliphatic hydroxyl groups is 1. The Morgan fingerprint density at radius 3 is 1.96 bits per heavy atom. The van der Waals surface area contributed by atoms with Crippen LogP contribution in [-0.2, 0) is 10.3 Å². The van der Waals surface area contributed by atoms with E-state index in [9.17, 15) is 5.11 Å². The van der Waals surface area contributed by atoms with Crippen molar-refractivity contribution in [2.24, 2.45) is 5.92 Å². The Balaban J connectivity index is 0.00000280. The Kier molecular flexibility index (Phi) is 8.62. The summed E-state index contributed by atoms with van der Waals surface area (Å²) >= 11 is 12.2. The number of halogens is 3. The SMILES string of the molecule is CC(C)C(O)(c1ccc(Cl)cc1)C(CN1CCOCC1)c1ccc(Cl)cc1.Cl. The summed E-state index contributed by atoms with van der Waals surface area (Å²) in [5.74, 6) is -0.0885. The molecule has 3 rings (SSSR count). The molecule has 1 fully saturated rings. The molecular formula is C22H28Cl3NO2. The van der Waals surface area contributed by atoms with E-state index in [1.807, 2.05) is 48.5 Å². The molecule has 3 nitrogen and oxygen atoms in total. The van der Waals surface area contributed by atoms with Gasteiger partial charge in [-0.2, -0.15) is 0 Å². The van der Waals surface area contributed by atoms with Gasteiger partial charge in [0.05, 0.1) is 18.8 Å². The van der Waals surface area contributed by atoms with Crippen LogP contribution in [-0.4, -0.2) is 42.9 Å². The summed E-state index contributed by atoms with van der Waals surface area (Å²) in [6.07, 6.45) is 0. The van der Waals surface area contributed by atoms with Gasteiger partial charge >= 0.3 is 0 Å². The smallest absolute Gasteiger partial charge is 0.0999 e. The standard InChI is InChI=1S/C22H27Cl2NO2.ClH/c1-16(2)22(26,18-5-9-20(24)10-6-18)21(15-25-11-13-27-14-12-25)17-3-7-19(23)8-4-17;/h3-10,16,21,26H,11-15H2,1-2H3;1H. The second kappa shape index (κ2) is 10.3. The number of morpholine rings is 1. The molecule has 1 N–H and O–H groups in total. The Hall–Kier alpha value is -0.810. The Bertz CT molecular complexity index is 730. The highest BCUT2D eigenvalue weighted by atomic mass is 35.5. The molecule has 154 valence electrons. The van der Waals surface area contributed by atoms with Gasteiger partial charge in [0, 0.05) is 35.6 Å². The maximum Gasteiger partial charge on any atom is 0.0999 e. The zero-order valence-electron chi connectivity index (χ0n) is 16.3. The van der Waals surface area contributed by atoms with Gasteiger partial charge < -0.3 is 9.84 Å². The molecule has 1 heterocycles. The zero-order chi connectivity index (χ0) is 19.4. The summed E-state index contributed by atoms with van der Waals surface area (Å²) < 4.78 is 5.50. The monoisotopic (exact) mass is 443 g/mol. The average molecular weight is 445 g/mol. The highest BCUT2D eigenvalue weighted by molar-refractivity contribution is 6.30. The normalized spacial score (nSPS) is 18.4. The average Bonchev–Trinajstić information content (AvgIpc) is 2.67. The third-order valence-electron chi connectivity index (χ3n) is 5.53. The van der Waals surface area contributed by atoms with Gasteiger partial charge in [-0.3, -0.25) is 4.90 Å². The fourth-order valence-electron chi connectivity index (χ4n) is 3.89. The number of nitrogens with zero attached hydrogens (tertiary/aromatic N) is 1. The molecule has 2 aromatic rings. The van der Waals surface area contributed by atoms with E-state index in [4.69, 9.17) is 27.9 Å². The van der Waals surface area contributed by atoms with Crippen LogP contribution in [0.3, 0.4) is 0 Å². The lowest BCUT2D eigenvalue weighted by atomic mass is 9.70. The van der Waals surface area contributed by atoms with Gasteiger partial charge in [0.1, 0.15) is 0 Å². The van der Waals surface area contributed by atoms with Crippen molar-refractivity contribution >= 4 is 35.6 Å².